The van der Waals surface area contributed by atoms with Crippen molar-refractivity contribution < 1.29 is 0 Å². The second-order valence-electron chi connectivity index (χ2n) is 8.60. The molecule has 0 saturated carbocycles. The Balaban J connectivity index is 1.55. The number of hydrogen-bond donors (Lipinski definition) is 0. The number of benzene rings is 1. The van der Waals surface area contributed by atoms with Crippen LogP contribution in [0.3, 0.4) is 0 Å². The minimum Gasteiger partial charge on any atom is -0.0804 e. The normalized spacial score (nSPS) is 23.5. The van der Waals surface area contributed by atoms with Gasteiger partial charge in [-0.15, -0.1) is 0 Å². The third kappa shape index (κ3) is 5.35. The first kappa shape index (κ1) is 19.5. The van der Waals surface area contributed by atoms with Crippen molar-refractivity contribution in [2.75, 3.05) is 0 Å². The molecule has 0 amide bonds. The standard InChI is InChI=1S/C26H38/c1-3-5-6-8-22-11-15-24(16-12-22)26-19-17-25(18-20-26)23-13-9-21(7-4-2)10-14-23/h13,15,17-22H,3-12,14,16H2,1-2H3. The minimum atomic E-state index is 0.931. The highest BCUT2D eigenvalue weighted by molar-refractivity contribution is 5.71. The first-order valence-corrected chi connectivity index (χ1v) is 11.3. The molecule has 0 heterocycles. The van der Waals surface area contributed by atoms with Gasteiger partial charge in [0.25, 0.3) is 0 Å². The fourth-order valence-corrected chi connectivity index (χ4v) is 4.82. The average molecular weight is 351 g/mol. The van der Waals surface area contributed by atoms with Crippen molar-refractivity contribution in [2.24, 2.45) is 11.8 Å². The molecular formula is C26H38. The molecule has 1 aromatic rings. The predicted octanol–water partition coefficient (Wildman–Crippen LogP) is 8.43. The van der Waals surface area contributed by atoms with E-state index in [2.05, 4.69) is 50.3 Å². The molecule has 0 spiro atoms. The Morgan fingerprint density at radius 3 is 1.65 bits per heavy atom. The summed E-state index contributed by atoms with van der Waals surface area (Å²) < 4.78 is 0. The molecule has 3 rings (SSSR count). The van der Waals surface area contributed by atoms with E-state index in [4.69, 9.17) is 0 Å². The maximum atomic E-state index is 2.53. The quantitative estimate of drug-likeness (QED) is 0.413. The summed E-state index contributed by atoms with van der Waals surface area (Å²) in [6.45, 7) is 4.61. The van der Waals surface area contributed by atoms with Crippen LogP contribution in [0.5, 0.6) is 0 Å². The van der Waals surface area contributed by atoms with Crippen LogP contribution >= 0.6 is 0 Å². The van der Waals surface area contributed by atoms with E-state index in [0.717, 1.165) is 11.8 Å². The molecule has 2 atom stereocenters. The highest BCUT2D eigenvalue weighted by Gasteiger charge is 2.17. The van der Waals surface area contributed by atoms with Gasteiger partial charge >= 0.3 is 0 Å². The lowest BCUT2D eigenvalue weighted by molar-refractivity contribution is 0.428. The summed E-state index contributed by atoms with van der Waals surface area (Å²) in [5.74, 6) is 1.87. The summed E-state index contributed by atoms with van der Waals surface area (Å²) in [4.78, 5) is 0. The Hall–Kier alpha value is -1.30. The third-order valence-corrected chi connectivity index (χ3v) is 6.58. The Kier molecular flexibility index (Phi) is 7.59. The van der Waals surface area contributed by atoms with Gasteiger partial charge < -0.3 is 0 Å². The highest BCUT2D eigenvalue weighted by Crippen LogP contribution is 2.35. The molecule has 26 heavy (non-hydrogen) atoms. The Morgan fingerprint density at radius 1 is 0.692 bits per heavy atom. The topological polar surface area (TPSA) is 0 Å². The van der Waals surface area contributed by atoms with Crippen molar-refractivity contribution in [3.63, 3.8) is 0 Å². The summed E-state index contributed by atoms with van der Waals surface area (Å²) in [5.41, 5.74) is 6.08. The number of unbranched alkanes of at least 4 members (excludes halogenated alkanes) is 2. The highest BCUT2D eigenvalue weighted by atomic mass is 14.2. The van der Waals surface area contributed by atoms with Crippen molar-refractivity contribution in [2.45, 2.75) is 90.9 Å². The summed E-state index contributed by atoms with van der Waals surface area (Å²) in [6.07, 6.45) is 21.3. The van der Waals surface area contributed by atoms with Gasteiger partial charge in [0.2, 0.25) is 0 Å². The Morgan fingerprint density at radius 2 is 1.23 bits per heavy atom. The average Bonchev–Trinajstić information content (AvgIpc) is 2.70. The molecule has 0 nitrogen and oxygen atoms in total. The van der Waals surface area contributed by atoms with E-state index >= 15 is 0 Å². The molecule has 2 aliphatic rings. The molecule has 1 aromatic carbocycles. The zero-order chi connectivity index (χ0) is 18.2. The number of hydrogen-bond acceptors (Lipinski definition) is 0. The first-order valence-electron chi connectivity index (χ1n) is 11.3. The van der Waals surface area contributed by atoms with E-state index in [1.807, 2.05) is 0 Å². The molecule has 0 N–H and O–H groups in total. The van der Waals surface area contributed by atoms with Crippen molar-refractivity contribution in [1.82, 2.24) is 0 Å². The number of allylic oxidation sites excluding steroid dienone is 4. The molecule has 2 aliphatic carbocycles. The largest absolute Gasteiger partial charge is 0.0804 e. The van der Waals surface area contributed by atoms with Gasteiger partial charge in [0.15, 0.2) is 0 Å². The van der Waals surface area contributed by atoms with Crippen LogP contribution in [0.2, 0.25) is 0 Å². The van der Waals surface area contributed by atoms with Crippen LogP contribution in [0, 0.1) is 11.8 Å². The van der Waals surface area contributed by atoms with Crippen LogP contribution in [0.1, 0.15) is 102 Å². The monoisotopic (exact) mass is 350 g/mol. The van der Waals surface area contributed by atoms with Crippen molar-refractivity contribution in [3.8, 4) is 0 Å². The molecular weight excluding hydrogens is 312 g/mol. The van der Waals surface area contributed by atoms with Crippen LogP contribution in [0.4, 0.5) is 0 Å². The van der Waals surface area contributed by atoms with Gasteiger partial charge in [-0.2, -0.15) is 0 Å². The lowest BCUT2D eigenvalue weighted by atomic mass is 9.82. The first-order chi connectivity index (χ1) is 12.8. The summed E-state index contributed by atoms with van der Waals surface area (Å²) in [6, 6.07) is 9.49. The molecule has 0 heteroatoms. The van der Waals surface area contributed by atoms with E-state index in [1.165, 1.54) is 88.2 Å². The second-order valence-corrected chi connectivity index (χ2v) is 8.60. The van der Waals surface area contributed by atoms with Gasteiger partial charge in [0.05, 0.1) is 0 Å². The van der Waals surface area contributed by atoms with Gasteiger partial charge in [0.1, 0.15) is 0 Å². The zero-order valence-corrected chi connectivity index (χ0v) is 17.1. The fourth-order valence-electron chi connectivity index (χ4n) is 4.82. The number of rotatable bonds is 8. The lowest BCUT2D eigenvalue weighted by Gasteiger charge is -2.23. The second kappa shape index (κ2) is 10.1. The van der Waals surface area contributed by atoms with Crippen LogP contribution < -0.4 is 0 Å². The molecule has 2 unspecified atom stereocenters. The molecule has 0 aromatic heterocycles. The zero-order valence-electron chi connectivity index (χ0n) is 17.1. The van der Waals surface area contributed by atoms with Crippen LogP contribution in [0.15, 0.2) is 36.4 Å². The van der Waals surface area contributed by atoms with E-state index in [0.29, 0.717) is 0 Å². The van der Waals surface area contributed by atoms with Crippen LogP contribution in [-0.4, -0.2) is 0 Å². The molecule has 142 valence electrons. The van der Waals surface area contributed by atoms with Gasteiger partial charge in [-0.05, 0) is 72.6 Å². The van der Waals surface area contributed by atoms with Crippen molar-refractivity contribution in [1.29, 1.82) is 0 Å². The lowest BCUT2D eigenvalue weighted by Crippen LogP contribution is -2.06. The third-order valence-electron chi connectivity index (χ3n) is 6.58. The Bertz CT molecular complexity index is 601. The summed E-state index contributed by atoms with van der Waals surface area (Å²) in [7, 11) is 0. The fraction of sp³-hybridized carbons (Fsp3) is 0.615. The summed E-state index contributed by atoms with van der Waals surface area (Å²) in [5, 5.41) is 0. The van der Waals surface area contributed by atoms with E-state index < -0.39 is 0 Å². The SMILES string of the molecule is CCCCCC1CC=C(c2ccc(C3=CCC(CCC)CC3)cc2)CC1. The van der Waals surface area contributed by atoms with Crippen molar-refractivity contribution >= 4 is 11.1 Å². The van der Waals surface area contributed by atoms with Gasteiger partial charge in [-0.3, -0.25) is 0 Å². The van der Waals surface area contributed by atoms with Crippen LogP contribution in [0.25, 0.3) is 11.1 Å². The van der Waals surface area contributed by atoms with E-state index in [1.54, 1.807) is 11.1 Å². The van der Waals surface area contributed by atoms with Gasteiger partial charge in [0, 0.05) is 0 Å². The molecule has 0 bridgehead atoms. The van der Waals surface area contributed by atoms with E-state index in [-0.39, 0.29) is 0 Å². The smallest absolute Gasteiger partial charge is 0.0227 e. The van der Waals surface area contributed by atoms with Gasteiger partial charge in [-0.1, -0.05) is 88.8 Å². The molecule has 0 aliphatic heterocycles. The molecule has 0 saturated heterocycles. The molecule has 0 radical (unpaired) electrons. The van der Waals surface area contributed by atoms with Crippen LogP contribution in [-0.2, 0) is 0 Å². The van der Waals surface area contributed by atoms with Gasteiger partial charge in [-0.25, -0.2) is 0 Å². The van der Waals surface area contributed by atoms with Crippen molar-refractivity contribution in [3.05, 3.63) is 47.5 Å². The molecule has 0 fully saturated rings. The summed E-state index contributed by atoms with van der Waals surface area (Å²) >= 11 is 0. The minimum absolute atomic E-state index is 0.931. The predicted molar refractivity (Wildman–Crippen MR) is 116 cm³/mol. The maximum Gasteiger partial charge on any atom is -0.0227 e. The van der Waals surface area contributed by atoms with E-state index in [9.17, 15) is 0 Å². The Labute approximate surface area is 161 Å². The maximum absolute atomic E-state index is 2.53.